The topological polar surface area (TPSA) is 141 Å². The summed E-state index contributed by atoms with van der Waals surface area (Å²) in [6.07, 6.45) is -0.0466. The molecule has 1 heterocycles. The lowest BCUT2D eigenvalue weighted by Gasteiger charge is -2.31. The van der Waals surface area contributed by atoms with Crippen molar-refractivity contribution < 1.29 is 19.4 Å². The van der Waals surface area contributed by atoms with E-state index in [1.165, 1.54) is 0 Å². The molecule has 1 aliphatic rings. The van der Waals surface area contributed by atoms with Crippen LogP contribution in [-0.4, -0.2) is 42.7 Å². The maximum absolute atomic E-state index is 13.9. The van der Waals surface area contributed by atoms with Crippen molar-refractivity contribution in [3.63, 3.8) is 0 Å². The van der Waals surface area contributed by atoms with E-state index in [1.807, 2.05) is 60.7 Å². The SMILES string of the molecule is CNNC(=O)[C@@]1(Cc2ccccc2CN=[N+]=[N-])N=C(c2ccc(OCCCO)cc2)O[C@H]1c1ccccc1Br. The number of hydrogen-bond donors (Lipinski definition) is 3. The summed E-state index contributed by atoms with van der Waals surface area (Å²) in [5.74, 6) is 0.596. The third kappa shape index (κ3) is 6.40. The Morgan fingerprint density at radius 1 is 1.15 bits per heavy atom. The van der Waals surface area contributed by atoms with Gasteiger partial charge in [-0.15, -0.1) is 0 Å². The van der Waals surface area contributed by atoms with Crippen molar-refractivity contribution in [2.24, 2.45) is 10.1 Å². The Morgan fingerprint density at radius 2 is 1.87 bits per heavy atom. The monoisotopic (exact) mass is 592 g/mol. The van der Waals surface area contributed by atoms with Crippen LogP contribution in [0.3, 0.4) is 0 Å². The zero-order chi connectivity index (χ0) is 27.7. The van der Waals surface area contributed by atoms with Gasteiger partial charge < -0.3 is 14.6 Å². The van der Waals surface area contributed by atoms with E-state index in [0.717, 1.165) is 21.2 Å². The predicted octanol–water partition coefficient (Wildman–Crippen LogP) is 4.77. The number of rotatable bonds is 12. The number of azide groups is 1. The first-order valence-electron chi connectivity index (χ1n) is 12.4. The van der Waals surface area contributed by atoms with Gasteiger partial charge >= 0.3 is 0 Å². The van der Waals surface area contributed by atoms with Crippen LogP contribution in [0.5, 0.6) is 5.75 Å². The summed E-state index contributed by atoms with van der Waals surface area (Å²) in [5, 5.41) is 12.7. The molecule has 0 saturated heterocycles. The number of aliphatic imine (C=N–C) groups is 1. The van der Waals surface area contributed by atoms with Gasteiger partial charge in [-0.1, -0.05) is 63.5 Å². The second-order valence-corrected chi connectivity index (χ2v) is 9.70. The van der Waals surface area contributed by atoms with Crippen molar-refractivity contribution in [1.82, 2.24) is 10.9 Å². The fraction of sp³-hybridized carbons (Fsp3) is 0.286. The highest BCUT2D eigenvalue weighted by Gasteiger charge is 2.54. The summed E-state index contributed by atoms with van der Waals surface area (Å²) in [4.78, 5) is 21.7. The Balaban J connectivity index is 1.81. The van der Waals surface area contributed by atoms with Crippen LogP contribution in [0.25, 0.3) is 10.4 Å². The zero-order valence-electron chi connectivity index (χ0n) is 21.4. The van der Waals surface area contributed by atoms with E-state index in [0.29, 0.717) is 30.2 Å². The highest BCUT2D eigenvalue weighted by molar-refractivity contribution is 9.10. The third-order valence-corrected chi connectivity index (χ3v) is 7.06. The van der Waals surface area contributed by atoms with Gasteiger partial charge in [0.2, 0.25) is 5.90 Å². The molecule has 1 amide bonds. The molecule has 0 fully saturated rings. The van der Waals surface area contributed by atoms with Gasteiger partial charge in [0.15, 0.2) is 11.6 Å². The van der Waals surface area contributed by atoms with Crippen LogP contribution in [0, 0.1) is 0 Å². The molecule has 0 saturated carbocycles. The minimum Gasteiger partial charge on any atom is -0.494 e. The Labute approximate surface area is 234 Å². The molecule has 11 heteroatoms. The lowest BCUT2D eigenvalue weighted by atomic mass is 9.81. The first-order valence-corrected chi connectivity index (χ1v) is 13.2. The summed E-state index contributed by atoms with van der Waals surface area (Å²) in [7, 11) is 1.62. The molecular weight excluding hydrogens is 564 g/mol. The Morgan fingerprint density at radius 3 is 2.56 bits per heavy atom. The highest BCUT2D eigenvalue weighted by atomic mass is 79.9. The van der Waals surface area contributed by atoms with Gasteiger partial charge in [-0.05, 0) is 47.0 Å². The van der Waals surface area contributed by atoms with Gasteiger partial charge in [-0.3, -0.25) is 10.2 Å². The van der Waals surface area contributed by atoms with Gasteiger partial charge in [0.05, 0.1) is 13.2 Å². The number of amides is 1. The molecule has 1 aliphatic heterocycles. The van der Waals surface area contributed by atoms with Gasteiger partial charge in [-0.2, -0.15) is 0 Å². The van der Waals surface area contributed by atoms with Crippen LogP contribution in [0.2, 0.25) is 0 Å². The molecule has 3 N–H and O–H groups in total. The number of halogens is 1. The summed E-state index contributed by atoms with van der Waals surface area (Å²) in [6.45, 7) is 0.604. The second-order valence-electron chi connectivity index (χ2n) is 8.85. The fourth-order valence-electron chi connectivity index (χ4n) is 4.45. The van der Waals surface area contributed by atoms with Gasteiger partial charge in [0, 0.05) is 47.0 Å². The van der Waals surface area contributed by atoms with Crippen LogP contribution in [0.4, 0.5) is 0 Å². The minimum atomic E-state index is -1.40. The van der Waals surface area contributed by atoms with Crippen LogP contribution in [0.1, 0.15) is 34.8 Å². The fourth-order valence-corrected chi connectivity index (χ4v) is 4.94. The summed E-state index contributed by atoms with van der Waals surface area (Å²) < 4.78 is 12.9. The summed E-state index contributed by atoms with van der Waals surface area (Å²) >= 11 is 3.63. The molecule has 3 aromatic rings. The van der Waals surface area contributed by atoms with Crippen LogP contribution < -0.4 is 15.6 Å². The first-order chi connectivity index (χ1) is 19.0. The Kier molecular flexibility index (Phi) is 9.56. The third-order valence-electron chi connectivity index (χ3n) is 6.34. The minimum absolute atomic E-state index is 0.0575. The van der Waals surface area contributed by atoms with E-state index < -0.39 is 11.6 Å². The Hall–Kier alpha value is -3.89. The molecule has 0 radical (unpaired) electrons. The molecular formula is C28H29BrN6O4. The van der Waals surface area contributed by atoms with E-state index in [-0.39, 0.29) is 25.5 Å². The Bertz CT molecular complexity index is 1380. The zero-order valence-corrected chi connectivity index (χ0v) is 23.0. The van der Waals surface area contributed by atoms with E-state index in [1.54, 1.807) is 19.2 Å². The van der Waals surface area contributed by atoms with Crippen molar-refractivity contribution in [1.29, 1.82) is 0 Å². The molecule has 4 rings (SSSR count). The number of ether oxygens (including phenoxy) is 2. The van der Waals surface area contributed by atoms with E-state index in [4.69, 9.17) is 25.1 Å². The van der Waals surface area contributed by atoms with Crippen molar-refractivity contribution >= 4 is 27.7 Å². The largest absolute Gasteiger partial charge is 0.494 e. The smallest absolute Gasteiger partial charge is 0.266 e. The number of carbonyl (C=O) groups is 1. The number of hydrogen-bond acceptors (Lipinski definition) is 7. The molecule has 10 nitrogen and oxygen atoms in total. The highest BCUT2D eigenvalue weighted by Crippen LogP contribution is 2.44. The van der Waals surface area contributed by atoms with E-state index in [9.17, 15) is 4.79 Å². The van der Waals surface area contributed by atoms with Crippen LogP contribution in [-0.2, 0) is 22.5 Å². The molecule has 39 heavy (non-hydrogen) atoms. The number of hydrazine groups is 1. The van der Waals surface area contributed by atoms with Crippen molar-refractivity contribution in [3.05, 3.63) is 110 Å². The molecule has 0 aliphatic carbocycles. The van der Waals surface area contributed by atoms with Crippen LogP contribution in [0.15, 0.2) is 87.4 Å². The maximum Gasteiger partial charge on any atom is 0.266 e. The normalized spacial score (nSPS) is 18.0. The number of nitrogens with one attached hydrogen (secondary N) is 2. The molecule has 0 bridgehead atoms. The number of aliphatic hydroxyl groups is 1. The maximum atomic E-state index is 13.9. The summed E-state index contributed by atoms with van der Waals surface area (Å²) in [5.41, 5.74) is 16.0. The predicted molar refractivity (Wildman–Crippen MR) is 151 cm³/mol. The van der Waals surface area contributed by atoms with Gasteiger partial charge in [0.1, 0.15) is 5.75 Å². The van der Waals surface area contributed by atoms with Crippen molar-refractivity contribution in [2.75, 3.05) is 20.3 Å². The molecule has 202 valence electrons. The van der Waals surface area contributed by atoms with Crippen molar-refractivity contribution in [2.45, 2.75) is 31.0 Å². The van der Waals surface area contributed by atoms with Gasteiger partial charge in [0.25, 0.3) is 5.91 Å². The average Bonchev–Trinajstić information content (AvgIpc) is 3.33. The second kappa shape index (κ2) is 13.3. The number of nitrogens with zero attached hydrogens (tertiary/aromatic N) is 4. The average molecular weight is 593 g/mol. The first kappa shape index (κ1) is 28.1. The molecule has 0 aromatic heterocycles. The lowest BCUT2D eigenvalue weighted by Crippen LogP contribution is -2.53. The summed E-state index contributed by atoms with van der Waals surface area (Å²) in [6, 6.07) is 22.3. The number of benzene rings is 3. The van der Waals surface area contributed by atoms with Crippen molar-refractivity contribution in [3.8, 4) is 5.75 Å². The lowest BCUT2D eigenvalue weighted by molar-refractivity contribution is -0.129. The molecule has 0 spiro atoms. The van der Waals surface area contributed by atoms with Gasteiger partial charge in [-0.25, -0.2) is 10.4 Å². The molecule has 3 aromatic carbocycles. The van der Waals surface area contributed by atoms with E-state index in [2.05, 4.69) is 36.8 Å². The number of aliphatic hydroxyl groups excluding tert-OH is 1. The van der Waals surface area contributed by atoms with Crippen LogP contribution >= 0.6 is 15.9 Å². The quantitative estimate of drug-likeness (QED) is 0.0913. The standard InChI is InChI=1S/C28H29BrN6O4/c1-31-34-27(37)28(17-20-7-2-3-8-21(20)18-32-35-30)25(23-9-4-5-10-24(23)29)39-26(33-28)19-11-13-22(14-12-19)38-16-6-15-36/h2-5,7-14,25,31,36H,6,15-18H2,1H3,(H,34,37)/t25-,28-/m0/s1. The number of carbonyl (C=O) groups excluding carboxylic acids is 1. The van der Waals surface area contributed by atoms with E-state index >= 15 is 0 Å². The molecule has 2 atom stereocenters. The molecule has 0 unspecified atom stereocenters.